The standard InChI is InChI=1S/C22H18ClN5O4/c1-32-12-5-6-16(23)14(9-12)17-11-28(26-25-17)18-4-2-3-13-15(18)10-27(22(13)31)19-7-8-20(29)24-21(19)30/h2-6,9,11,19H,7-8,10H2,1H3,(H,24,29,30). The minimum Gasteiger partial charge on any atom is -0.497 e. The second-order valence-electron chi connectivity index (χ2n) is 7.60. The Kier molecular flexibility index (Phi) is 4.90. The summed E-state index contributed by atoms with van der Waals surface area (Å²) in [4.78, 5) is 38.3. The number of imide groups is 1. The van der Waals surface area contributed by atoms with Gasteiger partial charge < -0.3 is 9.64 Å². The molecule has 0 spiro atoms. The first-order chi connectivity index (χ1) is 15.5. The molecule has 5 rings (SSSR count). The third-order valence-electron chi connectivity index (χ3n) is 5.75. The number of piperidine rings is 1. The Morgan fingerprint density at radius 2 is 2.00 bits per heavy atom. The maximum absolute atomic E-state index is 13.0. The van der Waals surface area contributed by atoms with Gasteiger partial charge in [0.1, 0.15) is 17.5 Å². The van der Waals surface area contributed by atoms with Crippen LogP contribution in [0.5, 0.6) is 5.75 Å². The Morgan fingerprint density at radius 3 is 2.78 bits per heavy atom. The van der Waals surface area contributed by atoms with E-state index in [0.29, 0.717) is 39.7 Å². The molecule has 1 fully saturated rings. The van der Waals surface area contributed by atoms with Gasteiger partial charge in [0.15, 0.2) is 0 Å². The fraction of sp³-hybridized carbons (Fsp3) is 0.227. The highest BCUT2D eigenvalue weighted by molar-refractivity contribution is 6.33. The van der Waals surface area contributed by atoms with E-state index in [4.69, 9.17) is 16.3 Å². The van der Waals surface area contributed by atoms with Crippen molar-refractivity contribution in [2.24, 2.45) is 0 Å². The predicted molar refractivity (Wildman–Crippen MR) is 114 cm³/mol. The Morgan fingerprint density at radius 1 is 1.16 bits per heavy atom. The van der Waals surface area contributed by atoms with Gasteiger partial charge in [-0.25, -0.2) is 4.68 Å². The molecule has 0 bridgehead atoms. The number of carbonyl (C=O) groups is 3. The largest absolute Gasteiger partial charge is 0.497 e. The molecule has 2 aliphatic heterocycles. The molecule has 3 aromatic rings. The SMILES string of the molecule is COc1ccc(Cl)c(-c2cn(-c3cccc4c3CN(C3CCC(=O)NC3=O)C4=O)nn2)c1. The highest BCUT2D eigenvalue weighted by Gasteiger charge is 2.40. The molecule has 32 heavy (non-hydrogen) atoms. The fourth-order valence-electron chi connectivity index (χ4n) is 4.12. The van der Waals surface area contributed by atoms with Gasteiger partial charge in [0.2, 0.25) is 11.8 Å². The zero-order chi connectivity index (χ0) is 22.4. The minimum atomic E-state index is -0.678. The molecule has 1 N–H and O–H groups in total. The van der Waals surface area contributed by atoms with Crippen LogP contribution in [0.15, 0.2) is 42.6 Å². The number of nitrogens with one attached hydrogen (secondary N) is 1. The average molecular weight is 452 g/mol. The van der Waals surface area contributed by atoms with Crippen molar-refractivity contribution in [3.63, 3.8) is 0 Å². The van der Waals surface area contributed by atoms with Gasteiger partial charge in [0.05, 0.1) is 24.0 Å². The van der Waals surface area contributed by atoms with Gasteiger partial charge in [-0.05, 0) is 36.8 Å². The summed E-state index contributed by atoms with van der Waals surface area (Å²) in [5.41, 5.74) is 3.16. The summed E-state index contributed by atoms with van der Waals surface area (Å²) < 4.78 is 6.86. The topological polar surface area (TPSA) is 106 Å². The minimum absolute atomic E-state index is 0.205. The number of ether oxygens (including phenoxy) is 1. The van der Waals surface area contributed by atoms with Gasteiger partial charge in [-0.15, -0.1) is 5.10 Å². The van der Waals surface area contributed by atoms with Gasteiger partial charge in [-0.2, -0.15) is 0 Å². The third kappa shape index (κ3) is 3.31. The van der Waals surface area contributed by atoms with Crippen LogP contribution in [0.1, 0.15) is 28.8 Å². The Labute approximate surface area is 187 Å². The van der Waals surface area contributed by atoms with Crippen LogP contribution >= 0.6 is 11.6 Å². The molecule has 1 aromatic heterocycles. The van der Waals surface area contributed by atoms with E-state index in [1.165, 1.54) is 4.90 Å². The van der Waals surface area contributed by atoms with Crippen LogP contribution in [-0.4, -0.2) is 50.8 Å². The molecular formula is C22H18ClN5O4. The lowest BCUT2D eigenvalue weighted by atomic mass is 10.0. The molecule has 1 saturated heterocycles. The highest BCUT2D eigenvalue weighted by Crippen LogP contribution is 2.33. The Balaban J connectivity index is 1.49. The van der Waals surface area contributed by atoms with E-state index in [2.05, 4.69) is 15.6 Å². The van der Waals surface area contributed by atoms with Crippen LogP contribution in [-0.2, 0) is 16.1 Å². The van der Waals surface area contributed by atoms with E-state index >= 15 is 0 Å². The summed E-state index contributed by atoms with van der Waals surface area (Å²) in [6.45, 7) is 0.242. The van der Waals surface area contributed by atoms with Crippen LogP contribution < -0.4 is 10.1 Å². The average Bonchev–Trinajstić information content (AvgIpc) is 3.39. The molecule has 3 heterocycles. The van der Waals surface area contributed by atoms with E-state index in [0.717, 1.165) is 5.56 Å². The molecule has 0 aliphatic carbocycles. The summed E-state index contributed by atoms with van der Waals surface area (Å²) in [7, 11) is 1.57. The lowest BCUT2D eigenvalue weighted by Crippen LogP contribution is -2.52. The number of nitrogens with zero attached hydrogens (tertiary/aromatic N) is 4. The normalized spacial score (nSPS) is 18.0. The van der Waals surface area contributed by atoms with Gasteiger partial charge >= 0.3 is 0 Å². The summed E-state index contributed by atoms with van der Waals surface area (Å²) in [6, 6.07) is 9.92. The fourth-order valence-corrected chi connectivity index (χ4v) is 4.33. The monoisotopic (exact) mass is 451 g/mol. The van der Waals surface area contributed by atoms with Gasteiger partial charge in [-0.1, -0.05) is 22.9 Å². The number of carbonyl (C=O) groups excluding carboxylic acids is 3. The van der Waals surface area contributed by atoms with Crippen molar-refractivity contribution in [3.05, 3.63) is 58.7 Å². The number of rotatable bonds is 4. The van der Waals surface area contributed by atoms with Crippen LogP contribution in [0.4, 0.5) is 0 Å². The molecular weight excluding hydrogens is 434 g/mol. The lowest BCUT2D eigenvalue weighted by molar-refractivity contribution is -0.136. The number of fused-ring (bicyclic) bond motifs is 1. The first-order valence-electron chi connectivity index (χ1n) is 9.99. The van der Waals surface area contributed by atoms with Gasteiger partial charge in [0, 0.05) is 29.7 Å². The molecule has 162 valence electrons. The van der Waals surface area contributed by atoms with E-state index in [1.54, 1.807) is 48.3 Å². The molecule has 1 atom stereocenters. The van der Waals surface area contributed by atoms with Crippen molar-refractivity contribution in [2.75, 3.05) is 7.11 Å². The second-order valence-corrected chi connectivity index (χ2v) is 8.00. The number of hydrogen-bond acceptors (Lipinski definition) is 6. The summed E-state index contributed by atoms with van der Waals surface area (Å²) >= 11 is 6.34. The number of halogens is 1. The Bertz CT molecular complexity index is 1270. The van der Waals surface area contributed by atoms with Crippen LogP contribution in [0.2, 0.25) is 5.02 Å². The van der Waals surface area contributed by atoms with Crippen LogP contribution in [0.25, 0.3) is 16.9 Å². The molecule has 2 aliphatic rings. The smallest absolute Gasteiger partial charge is 0.255 e. The van der Waals surface area contributed by atoms with Gasteiger partial charge in [0.25, 0.3) is 5.91 Å². The zero-order valence-corrected chi connectivity index (χ0v) is 17.8. The quantitative estimate of drug-likeness (QED) is 0.610. The Hall–Kier alpha value is -3.72. The molecule has 1 unspecified atom stereocenters. The number of hydrogen-bond donors (Lipinski definition) is 1. The van der Waals surface area contributed by atoms with Crippen molar-refractivity contribution in [1.82, 2.24) is 25.2 Å². The summed E-state index contributed by atoms with van der Waals surface area (Å²) in [6.07, 6.45) is 2.24. The highest BCUT2D eigenvalue weighted by atomic mass is 35.5. The number of methoxy groups -OCH3 is 1. The van der Waals surface area contributed by atoms with Crippen LogP contribution in [0, 0.1) is 0 Å². The van der Waals surface area contributed by atoms with Gasteiger partial charge in [-0.3, -0.25) is 19.7 Å². The van der Waals surface area contributed by atoms with E-state index in [1.807, 2.05) is 6.07 Å². The summed E-state index contributed by atoms with van der Waals surface area (Å²) in [5, 5.41) is 11.3. The van der Waals surface area contributed by atoms with Crippen molar-refractivity contribution in [2.45, 2.75) is 25.4 Å². The van der Waals surface area contributed by atoms with E-state index in [-0.39, 0.29) is 24.8 Å². The maximum Gasteiger partial charge on any atom is 0.255 e. The number of amides is 3. The lowest BCUT2D eigenvalue weighted by Gasteiger charge is -2.29. The number of benzene rings is 2. The zero-order valence-electron chi connectivity index (χ0n) is 17.0. The third-order valence-corrected chi connectivity index (χ3v) is 6.08. The van der Waals surface area contributed by atoms with Crippen molar-refractivity contribution in [1.29, 1.82) is 0 Å². The first-order valence-corrected chi connectivity index (χ1v) is 10.4. The molecule has 3 amide bonds. The first kappa shape index (κ1) is 20.2. The molecule has 2 aromatic carbocycles. The molecule has 9 nitrogen and oxygen atoms in total. The number of aromatic nitrogens is 3. The van der Waals surface area contributed by atoms with E-state index in [9.17, 15) is 14.4 Å². The summed E-state index contributed by atoms with van der Waals surface area (Å²) in [5.74, 6) is -0.361. The molecule has 0 radical (unpaired) electrons. The van der Waals surface area contributed by atoms with Crippen LogP contribution in [0.3, 0.4) is 0 Å². The van der Waals surface area contributed by atoms with Crippen molar-refractivity contribution < 1.29 is 19.1 Å². The molecule has 10 heteroatoms. The second kappa shape index (κ2) is 7.76. The van der Waals surface area contributed by atoms with E-state index < -0.39 is 11.9 Å². The van der Waals surface area contributed by atoms with Crippen molar-refractivity contribution in [3.8, 4) is 22.7 Å². The maximum atomic E-state index is 13.0. The predicted octanol–water partition coefficient (Wildman–Crippen LogP) is 2.36. The molecule has 0 saturated carbocycles. The van der Waals surface area contributed by atoms with Crippen molar-refractivity contribution >= 4 is 29.3 Å².